The van der Waals surface area contributed by atoms with Crippen LogP contribution in [0.15, 0.2) is 4.99 Å². The van der Waals surface area contributed by atoms with Crippen LogP contribution in [0.25, 0.3) is 0 Å². The van der Waals surface area contributed by atoms with E-state index in [1.807, 2.05) is 7.05 Å². The Morgan fingerprint density at radius 1 is 1.15 bits per heavy atom. The van der Waals surface area contributed by atoms with E-state index in [4.69, 9.17) is 9.47 Å². The summed E-state index contributed by atoms with van der Waals surface area (Å²) in [5.74, 6) is 0.872. The molecule has 6 nitrogen and oxygen atoms in total. The van der Waals surface area contributed by atoms with Gasteiger partial charge in [-0.25, -0.2) is 0 Å². The minimum atomic E-state index is -0.200. The molecule has 1 saturated heterocycles. The first-order chi connectivity index (χ1) is 12.0. The van der Waals surface area contributed by atoms with Crippen LogP contribution in [0.4, 0.5) is 0 Å². The molecule has 1 aliphatic heterocycles. The number of aliphatic imine (C=N–C) groups is 1. The molecule has 0 unspecified atom stereocenters. The van der Waals surface area contributed by atoms with Gasteiger partial charge in [0.2, 0.25) is 0 Å². The van der Waals surface area contributed by atoms with Gasteiger partial charge in [0.15, 0.2) is 5.96 Å². The zero-order valence-electron chi connectivity index (χ0n) is 17.1. The van der Waals surface area contributed by atoms with Crippen LogP contribution in [-0.2, 0) is 9.47 Å². The van der Waals surface area contributed by atoms with Crippen LogP contribution in [0.1, 0.15) is 46.0 Å². The van der Waals surface area contributed by atoms with E-state index in [1.54, 1.807) is 7.11 Å². The Morgan fingerprint density at radius 2 is 1.81 bits per heavy atom. The number of ether oxygens (including phenoxy) is 2. The number of nitrogens with one attached hydrogen (secondary N) is 2. The number of hydrogen-bond donors (Lipinski definition) is 2. The van der Waals surface area contributed by atoms with Crippen LogP contribution in [0, 0.1) is 5.41 Å². The second-order valence-corrected chi connectivity index (χ2v) is 8.19. The molecule has 0 atom stereocenters. The summed E-state index contributed by atoms with van der Waals surface area (Å²) in [4.78, 5) is 6.98. The van der Waals surface area contributed by atoms with Gasteiger partial charge in [-0.05, 0) is 26.7 Å². The third kappa shape index (κ3) is 7.86. The second kappa shape index (κ2) is 11.7. The molecule has 1 aliphatic carbocycles. The quantitative estimate of drug-likeness (QED) is 0.332. The van der Waals surface area contributed by atoms with Crippen LogP contribution in [-0.4, -0.2) is 76.6 Å². The lowest BCUT2D eigenvalue weighted by Gasteiger charge is -2.42. The van der Waals surface area contributed by atoms with Gasteiger partial charge in [-0.2, -0.15) is 0 Å². The van der Waals surface area contributed by atoms with E-state index >= 15 is 0 Å². The minimum Gasteiger partial charge on any atom is -0.379 e. The number of guanidine groups is 1. The average molecular weight is 482 g/mol. The number of hydrogen-bond acceptors (Lipinski definition) is 4. The van der Waals surface area contributed by atoms with Gasteiger partial charge >= 0.3 is 0 Å². The van der Waals surface area contributed by atoms with Crippen LogP contribution in [0.3, 0.4) is 0 Å². The smallest absolute Gasteiger partial charge is 0.191 e. The van der Waals surface area contributed by atoms with Crippen molar-refractivity contribution in [2.24, 2.45) is 10.4 Å². The summed E-state index contributed by atoms with van der Waals surface area (Å²) in [7, 11) is 3.59. The van der Waals surface area contributed by atoms with Gasteiger partial charge in [-0.3, -0.25) is 9.89 Å². The van der Waals surface area contributed by atoms with Gasteiger partial charge in [0.25, 0.3) is 0 Å². The molecule has 0 aromatic heterocycles. The standard InChI is InChI=1S/C19H38N4O2.HI/c1-18(2,24-4)14-21-17(20-3)22-15-19(8-6-5-7-9-19)16-23-10-12-25-13-11-23;/h5-16H2,1-4H3,(H2,20,21,22);1H. The molecule has 26 heavy (non-hydrogen) atoms. The van der Waals surface area contributed by atoms with Crippen molar-refractivity contribution >= 4 is 29.9 Å². The number of methoxy groups -OCH3 is 1. The third-order valence-corrected chi connectivity index (χ3v) is 5.67. The molecule has 0 amide bonds. The van der Waals surface area contributed by atoms with Gasteiger partial charge in [-0.15, -0.1) is 24.0 Å². The average Bonchev–Trinajstić information content (AvgIpc) is 2.63. The Kier molecular flexibility index (Phi) is 10.7. The first-order valence-electron chi connectivity index (χ1n) is 9.78. The van der Waals surface area contributed by atoms with Crippen LogP contribution in [0.5, 0.6) is 0 Å². The van der Waals surface area contributed by atoms with E-state index in [9.17, 15) is 0 Å². The molecule has 1 heterocycles. The lowest BCUT2D eigenvalue weighted by atomic mass is 9.73. The molecule has 0 bridgehead atoms. The highest BCUT2D eigenvalue weighted by atomic mass is 127. The molecule has 2 rings (SSSR count). The SMILES string of the molecule is CN=C(NCC1(CN2CCOCC2)CCCCC1)NCC(C)(C)OC.I. The first kappa shape index (κ1) is 23.9. The Labute approximate surface area is 176 Å². The number of rotatable bonds is 7. The molecule has 154 valence electrons. The molecule has 0 radical (unpaired) electrons. The molecular weight excluding hydrogens is 443 g/mol. The van der Waals surface area contributed by atoms with E-state index in [2.05, 4.69) is 34.4 Å². The Bertz CT molecular complexity index is 420. The lowest BCUT2D eigenvalue weighted by Crippen LogP contribution is -2.52. The lowest BCUT2D eigenvalue weighted by molar-refractivity contribution is 0.00810. The fourth-order valence-electron chi connectivity index (χ4n) is 3.79. The maximum Gasteiger partial charge on any atom is 0.191 e. The van der Waals surface area contributed by atoms with E-state index in [0.717, 1.165) is 45.4 Å². The predicted molar refractivity (Wildman–Crippen MR) is 119 cm³/mol. The zero-order chi connectivity index (χ0) is 18.2. The van der Waals surface area contributed by atoms with E-state index in [-0.39, 0.29) is 29.6 Å². The van der Waals surface area contributed by atoms with Crippen molar-refractivity contribution in [3.8, 4) is 0 Å². The van der Waals surface area contributed by atoms with Crippen molar-refractivity contribution < 1.29 is 9.47 Å². The fourth-order valence-corrected chi connectivity index (χ4v) is 3.79. The fraction of sp³-hybridized carbons (Fsp3) is 0.947. The summed E-state index contributed by atoms with van der Waals surface area (Å²) in [5.41, 5.74) is 0.151. The van der Waals surface area contributed by atoms with Crippen LogP contribution in [0.2, 0.25) is 0 Å². The van der Waals surface area contributed by atoms with Gasteiger partial charge in [-0.1, -0.05) is 19.3 Å². The molecule has 2 fully saturated rings. The number of nitrogens with zero attached hydrogens (tertiary/aromatic N) is 2. The minimum absolute atomic E-state index is 0. The zero-order valence-corrected chi connectivity index (χ0v) is 19.4. The van der Waals surface area contributed by atoms with Crippen molar-refractivity contribution in [1.29, 1.82) is 0 Å². The van der Waals surface area contributed by atoms with E-state index in [1.165, 1.54) is 38.6 Å². The third-order valence-electron chi connectivity index (χ3n) is 5.67. The maximum atomic E-state index is 5.51. The highest BCUT2D eigenvalue weighted by Crippen LogP contribution is 2.36. The van der Waals surface area contributed by atoms with E-state index in [0.29, 0.717) is 5.41 Å². The van der Waals surface area contributed by atoms with Crippen LogP contribution >= 0.6 is 24.0 Å². The largest absolute Gasteiger partial charge is 0.379 e. The number of halogens is 1. The maximum absolute atomic E-state index is 5.51. The molecule has 2 N–H and O–H groups in total. The van der Waals surface area contributed by atoms with Crippen molar-refractivity contribution in [2.75, 3.05) is 60.1 Å². The summed E-state index contributed by atoms with van der Waals surface area (Å²) in [6, 6.07) is 0. The number of morpholine rings is 1. The van der Waals surface area contributed by atoms with Gasteiger partial charge in [0.1, 0.15) is 0 Å². The van der Waals surface area contributed by atoms with Crippen molar-refractivity contribution in [3.05, 3.63) is 0 Å². The van der Waals surface area contributed by atoms with Gasteiger partial charge in [0, 0.05) is 52.3 Å². The van der Waals surface area contributed by atoms with E-state index < -0.39 is 0 Å². The molecule has 0 aromatic carbocycles. The van der Waals surface area contributed by atoms with Crippen molar-refractivity contribution in [1.82, 2.24) is 15.5 Å². The summed E-state index contributed by atoms with van der Waals surface area (Å²) < 4.78 is 11.0. The van der Waals surface area contributed by atoms with Crippen molar-refractivity contribution in [2.45, 2.75) is 51.6 Å². The highest BCUT2D eigenvalue weighted by molar-refractivity contribution is 14.0. The highest BCUT2D eigenvalue weighted by Gasteiger charge is 2.34. The summed E-state index contributed by atoms with van der Waals surface area (Å²) in [6.45, 7) is 10.9. The second-order valence-electron chi connectivity index (χ2n) is 8.19. The summed E-state index contributed by atoms with van der Waals surface area (Å²) in [5, 5.41) is 6.99. The summed E-state index contributed by atoms with van der Waals surface area (Å²) in [6.07, 6.45) is 6.67. The monoisotopic (exact) mass is 482 g/mol. The molecule has 1 saturated carbocycles. The molecule has 0 spiro atoms. The van der Waals surface area contributed by atoms with Gasteiger partial charge in [0.05, 0.1) is 18.8 Å². The Balaban J connectivity index is 0.00000338. The molecule has 7 heteroatoms. The topological polar surface area (TPSA) is 58.1 Å². The molecule has 0 aromatic rings. The van der Waals surface area contributed by atoms with Crippen LogP contribution < -0.4 is 10.6 Å². The Hall–Kier alpha value is -0.120. The predicted octanol–water partition coefficient (Wildman–Crippen LogP) is 2.48. The van der Waals surface area contributed by atoms with Crippen molar-refractivity contribution in [3.63, 3.8) is 0 Å². The first-order valence-corrected chi connectivity index (χ1v) is 9.78. The summed E-state index contributed by atoms with van der Waals surface area (Å²) >= 11 is 0. The molecular formula is C19H39IN4O2. The Morgan fingerprint density at radius 3 is 2.38 bits per heavy atom. The normalized spacial score (nSPS) is 21.8. The molecule has 2 aliphatic rings. The van der Waals surface area contributed by atoms with Gasteiger partial charge < -0.3 is 20.1 Å².